The van der Waals surface area contributed by atoms with Gasteiger partial charge in [0.25, 0.3) is 0 Å². The summed E-state index contributed by atoms with van der Waals surface area (Å²) in [6.45, 7) is 1.09. The van der Waals surface area contributed by atoms with Crippen LogP contribution in [0.25, 0.3) is 28.0 Å². The number of ether oxygens (including phenoxy) is 1. The van der Waals surface area contributed by atoms with Crippen molar-refractivity contribution in [2.45, 2.75) is 6.54 Å². The number of benzene rings is 2. The standard InChI is InChI=1S/C18H16N4O2/c1-24-12-11-21-15-10-6-5-9-14(15)16-17(19-21)18(23)22(20-16)13-7-3-2-4-8-13/h2-10H,11-12H2,1H3. The van der Waals surface area contributed by atoms with Crippen LogP contribution in [0.3, 0.4) is 0 Å². The van der Waals surface area contributed by atoms with Crippen molar-refractivity contribution in [3.05, 3.63) is 65.0 Å². The lowest BCUT2D eigenvalue weighted by molar-refractivity contribution is 0.184. The molecule has 2 aromatic rings. The molecule has 2 aliphatic rings. The average Bonchev–Trinajstić information content (AvgIpc) is 2.97. The van der Waals surface area contributed by atoms with Gasteiger partial charge in [0.05, 0.1) is 24.4 Å². The van der Waals surface area contributed by atoms with E-state index >= 15 is 0 Å². The smallest absolute Gasteiger partial charge is 0.301 e. The zero-order valence-electron chi connectivity index (χ0n) is 13.2. The van der Waals surface area contributed by atoms with Crippen molar-refractivity contribution in [2.24, 2.45) is 0 Å². The fourth-order valence-electron chi connectivity index (χ4n) is 2.83. The molecule has 24 heavy (non-hydrogen) atoms. The van der Waals surface area contributed by atoms with Crippen LogP contribution in [0.4, 0.5) is 0 Å². The minimum absolute atomic E-state index is 0.215. The van der Waals surface area contributed by atoms with Crippen molar-refractivity contribution in [1.29, 1.82) is 0 Å². The van der Waals surface area contributed by atoms with Gasteiger partial charge in [0, 0.05) is 12.5 Å². The number of para-hydroxylation sites is 2. The Kier molecular flexibility index (Phi) is 3.59. The zero-order chi connectivity index (χ0) is 16.5. The van der Waals surface area contributed by atoms with E-state index in [-0.39, 0.29) is 5.56 Å². The molecule has 0 atom stereocenters. The monoisotopic (exact) mass is 320 g/mol. The molecule has 0 spiro atoms. The van der Waals surface area contributed by atoms with Crippen molar-refractivity contribution in [3.63, 3.8) is 0 Å². The number of aromatic nitrogens is 4. The molecule has 0 saturated carbocycles. The molecular formula is C18H16N4O2. The van der Waals surface area contributed by atoms with Gasteiger partial charge in [0.2, 0.25) is 0 Å². The van der Waals surface area contributed by atoms with Crippen molar-refractivity contribution >= 4 is 10.9 Å². The molecule has 4 rings (SSSR count). The molecule has 2 aliphatic heterocycles. The van der Waals surface area contributed by atoms with E-state index in [2.05, 4.69) is 10.2 Å². The van der Waals surface area contributed by atoms with Crippen molar-refractivity contribution in [1.82, 2.24) is 19.6 Å². The molecule has 0 bridgehead atoms. The van der Waals surface area contributed by atoms with Gasteiger partial charge in [0.1, 0.15) is 5.69 Å². The Labute approximate surface area is 138 Å². The summed E-state index contributed by atoms with van der Waals surface area (Å²) in [4.78, 5) is 12.8. The third kappa shape index (κ3) is 2.28. The highest BCUT2D eigenvalue weighted by Gasteiger charge is 2.22. The molecule has 6 heteroatoms. The van der Waals surface area contributed by atoms with Gasteiger partial charge in [-0.25, -0.2) is 0 Å². The molecule has 0 radical (unpaired) electrons. The van der Waals surface area contributed by atoms with Crippen LogP contribution < -0.4 is 5.56 Å². The Bertz CT molecular complexity index is 1020. The Hall–Kier alpha value is -2.99. The highest BCUT2D eigenvalue weighted by molar-refractivity contribution is 5.92. The van der Waals surface area contributed by atoms with Gasteiger partial charge in [-0.3, -0.25) is 9.48 Å². The third-order valence-electron chi connectivity index (χ3n) is 3.99. The van der Waals surface area contributed by atoms with Crippen LogP contribution in [0, 0.1) is 0 Å². The largest absolute Gasteiger partial charge is 0.383 e. The molecule has 0 saturated heterocycles. The maximum absolute atomic E-state index is 12.8. The molecule has 2 heterocycles. The van der Waals surface area contributed by atoms with Crippen LogP contribution in [0.2, 0.25) is 0 Å². The summed E-state index contributed by atoms with van der Waals surface area (Å²) in [5.41, 5.74) is 2.43. The summed E-state index contributed by atoms with van der Waals surface area (Å²) in [7, 11) is 1.65. The van der Waals surface area contributed by atoms with Gasteiger partial charge in [-0.15, -0.1) is 0 Å². The molecule has 0 unspecified atom stereocenters. The topological polar surface area (TPSA) is 61.9 Å². The molecule has 0 N–H and O–H groups in total. The summed E-state index contributed by atoms with van der Waals surface area (Å²) in [5.74, 6) is 0. The van der Waals surface area contributed by atoms with E-state index in [1.807, 2.05) is 54.6 Å². The van der Waals surface area contributed by atoms with Crippen molar-refractivity contribution in [3.8, 4) is 17.1 Å². The van der Waals surface area contributed by atoms with Gasteiger partial charge in [0.15, 0.2) is 5.69 Å². The summed E-state index contributed by atoms with van der Waals surface area (Å²) in [6, 6.07) is 17.2. The maximum atomic E-state index is 12.8. The normalized spacial score (nSPS) is 11.4. The average molecular weight is 320 g/mol. The van der Waals surface area contributed by atoms with Gasteiger partial charge < -0.3 is 4.74 Å². The van der Waals surface area contributed by atoms with Crippen LogP contribution in [0.5, 0.6) is 0 Å². The predicted octanol–water partition coefficient (Wildman–Crippen LogP) is 2.33. The number of nitrogens with zero attached hydrogens (tertiary/aromatic N) is 4. The SMILES string of the molecule is COCCn1nc2c(=O)n(-c3ccccc3)nc-2c2ccccc21. The fraction of sp³-hybridized carbons (Fsp3) is 0.167. The molecule has 6 nitrogen and oxygen atoms in total. The molecule has 0 amide bonds. The van der Waals surface area contributed by atoms with Crippen LogP contribution in [-0.4, -0.2) is 33.3 Å². The van der Waals surface area contributed by atoms with E-state index < -0.39 is 0 Å². The van der Waals surface area contributed by atoms with E-state index in [0.29, 0.717) is 24.5 Å². The minimum atomic E-state index is -0.215. The lowest BCUT2D eigenvalue weighted by Crippen LogP contribution is -2.18. The van der Waals surface area contributed by atoms with Gasteiger partial charge >= 0.3 is 5.56 Å². The summed E-state index contributed by atoms with van der Waals surface area (Å²) >= 11 is 0. The first-order valence-electron chi connectivity index (χ1n) is 7.72. The molecule has 120 valence electrons. The van der Waals surface area contributed by atoms with E-state index in [1.54, 1.807) is 11.8 Å². The number of hydrogen-bond donors (Lipinski definition) is 0. The number of fused-ring (bicyclic) bond motifs is 3. The quantitative estimate of drug-likeness (QED) is 0.579. The molecule has 0 aromatic heterocycles. The highest BCUT2D eigenvalue weighted by Crippen LogP contribution is 2.25. The van der Waals surface area contributed by atoms with E-state index in [9.17, 15) is 4.79 Å². The van der Waals surface area contributed by atoms with E-state index in [4.69, 9.17) is 4.74 Å². The van der Waals surface area contributed by atoms with Crippen molar-refractivity contribution < 1.29 is 4.74 Å². The second-order valence-electron chi connectivity index (χ2n) is 5.48. The van der Waals surface area contributed by atoms with Crippen LogP contribution in [0.15, 0.2) is 59.4 Å². The first-order chi connectivity index (χ1) is 11.8. The van der Waals surface area contributed by atoms with Crippen LogP contribution >= 0.6 is 0 Å². The number of rotatable bonds is 4. The van der Waals surface area contributed by atoms with Gasteiger partial charge in [-0.2, -0.15) is 14.9 Å². The number of hydrogen-bond acceptors (Lipinski definition) is 4. The summed E-state index contributed by atoms with van der Waals surface area (Å²) in [6.07, 6.45) is 0. The predicted molar refractivity (Wildman–Crippen MR) is 91.6 cm³/mol. The van der Waals surface area contributed by atoms with Gasteiger partial charge in [-0.05, 0) is 18.2 Å². The first-order valence-corrected chi connectivity index (χ1v) is 7.72. The Morgan fingerprint density at radius 3 is 2.50 bits per heavy atom. The first kappa shape index (κ1) is 14.6. The zero-order valence-corrected chi connectivity index (χ0v) is 13.2. The Morgan fingerprint density at radius 1 is 0.958 bits per heavy atom. The number of methoxy groups -OCH3 is 1. The van der Waals surface area contributed by atoms with Gasteiger partial charge in [-0.1, -0.05) is 36.4 Å². The summed E-state index contributed by atoms with van der Waals surface area (Å²) < 4.78 is 8.36. The van der Waals surface area contributed by atoms with E-state index in [0.717, 1.165) is 16.6 Å². The van der Waals surface area contributed by atoms with E-state index in [1.165, 1.54) is 4.68 Å². The Morgan fingerprint density at radius 2 is 1.71 bits per heavy atom. The molecule has 0 aliphatic carbocycles. The molecular weight excluding hydrogens is 304 g/mol. The minimum Gasteiger partial charge on any atom is -0.383 e. The second kappa shape index (κ2) is 5.90. The van der Waals surface area contributed by atoms with Crippen LogP contribution in [0.1, 0.15) is 0 Å². The lowest BCUT2D eigenvalue weighted by atomic mass is 10.1. The van der Waals surface area contributed by atoms with Crippen molar-refractivity contribution in [2.75, 3.05) is 13.7 Å². The second-order valence-corrected chi connectivity index (χ2v) is 5.48. The fourth-order valence-corrected chi connectivity index (χ4v) is 2.83. The molecule has 0 fully saturated rings. The highest BCUT2D eigenvalue weighted by atomic mass is 16.5. The molecule has 2 aromatic carbocycles. The Balaban J connectivity index is 2.02. The lowest BCUT2D eigenvalue weighted by Gasteiger charge is -2.11. The van der Waals surface area contributed by atoms with Crippen LogP contribution in [-0.2, 0) is 11.3 Å². The maximum Gasteiger partial charge on any atom is 0.301 e. The third-order valence-corrected chi connectivity index (χ3v) is 3.99. The summed E-state index contributed by atoms with van der Waals surface area (Å²) in [5, 5.41) is 9.96.